The van der Waals surface area contributed by atoms with Crippen LogP contribution in [0.4, 0.5) is 9.93 Å². The highest BCUT2D eigenvalue weighted by molar-refractivity contribution is 7.15. The summed E-state index contributed by atoms with van der Waals surface area (Å²) >= 11 is 1.39. The number of anilines is 1. The number of amides is 2. The van der Waals surface area contributed by atoms with E-state index in [0.29, 0.717) is 18.0 Å². The average molecular weight is 300 g/mol. The Balaban J connectivity index is 2.55. The minimum atomic E-state index is -0.570. The van der Waals surface area contributed by atoms with Crippen LogP contribution in [0.2, 0.25) is 0 Å². The summed E-state index contributed by atoms with van der Waals surface area (Å²) in [4.78, 5) is 11.9. The first-order valence-corrected chi connectivity index (χ1v) is 7.93. The van der Waals surface area contributed by atoms with Gasteiger partial charge in [-0.2, -0.15) is 0 Å². The number of aryl methyl sites for hydroxylation is 1. The van der Waals surface area contributed by atoms with Crippen LogP contribution in [0.3, 0.4) is 0 Å². The highest BCUT2D eigenvalue weighted by atomic mass is 32.1. The molecule has 1 heterocycles. The van der Waals surface area contributed by atoms with Gasteiger partial charge in [0, 0.05) is 6.42 Å². The lowest BCUT2D eigenvalue weighted by Crippen LogP contribution is -2.52. The van der Waals surface area contributed by atoms with Crippen LogP contribution < -0.4 is 10.6 Å². The first-order valence-electron chi connectivity index (χ1n) is 7.11. The number of rotatable bonds is 8. The van der Waals surface area contributed by atoms with Crippen LogP contribution in [0, 0.1) is 0 Å². The molecule has 3 N–H and O–H groups in total. The predicted molar refractivity (Wildman–Crippen MR) is 81.1 cm³/mol. The van der Waals surface area contributed by atoms with Gasteiger partial charge >= 0.3 is 6.03 Å². The molecule has 7 heteroatoms. The summed E-state index contributed by atoms with van der Waals surface area (Å²) in [5, 5.41) is 24.3. The van der Waals surface area contributed by atoms with Gasteiger partial charge in [-0.1, -0.05) is 38.5 Å². The van der Waals surface area contributed by atoms with E-state index in [4.69, 9.17) is 0 Å². The van der Waals surface area contributed by atoms with Gasteiger partial charge in [0.2, 0.25) is 5.13 Å². The van der Waals surface area contributed by atoms with Crippen LogP contribution in [0.25, 0.3) is 0 Å². The minimum absolute atomic E-state index is 0.0781. The maximum absolute atomic E-state index is 11.9. The molecule has 0 aliphatic carbocycles. The third-order valence-electron chi connectivity index (χ3n) is 3.47. The molecule has 0 spiro atoms. The Morgan fingerprint density at radius 2 is 2.00 bits per heavy atom. The molecule has 6 nitrogen and oxygen atoms in total. The maximum Gasteiger partial charge on any atom is 0.321 e. The molecule has 0 unspecified atom stereocenters. The molecule has 0 aliphatic rings. The van der Waals surface area contributed by atoms with E-state index in [2.05, 4.69) is 27.8 Å². The van der Waals surface area contributed by atoms with Gasteiger partial charge in [-0.3, -0.25) is 5.32 Å². The fourth-order valence-corrected chi connectivity index (χ4v) is 2.57. The zero-order valence-corrected chi connectivity index (χ0v) is 13.2. The largest absolute Gasteiger partial charge is 0.394 e. The van der Waals surface area contributed by atoms with Crippen molar-refractivity contribution in [2.24, 2.45) is 0 Å². The van der Waals surface area contributed by atoms with Crippen LogP contribution >= 0.6 is 11.3 Å². The van der Waals surface area contributed by atoms with Gasteiger partial charge in [-0.15, -0.1) is 10.2 Å². The number of hydrogen-bond acceptors (Lipinski definition) is 5. The molecule has 0 saturated carbocycles. The van der Waals surface area contributed by atoms with Crippen LogP contribution in [0.15, 0.2) is 0 Å². The van der Waals surface area contributed by atoms with Crippen LogP contribution in [0.5, 0.6) is 0 Å². The summed E-state index contributed by atoms with van der Waals surface area (Å²) in [6.45, 7) is 5.92. The Morgan fingerprint density at radius 3 is 2.55 bits per heavy atom. The van der Waals surface area contributed by atoms with E-state index in [1.54, 1.807) is 0 Å². The van der Waals surface area contributed by atoms with Gasteiger partial charge in [-0.05, 0) is 19.3 Å². The van der Waals surface area contributed by atoms with Gasteiger partial charge in [-0.25, -0.2) is 4.79 Å². The van der Waals surface area contributed by atoms with Crippen LogP contribution in [0.1, 0.15) is 51.5 Å². The summed E-state index contributed by atoms with van der Waals surface area (Å²) in [7, 11) is 0. The first-order chi connectivity index (χ1) is 9.59. The summed E-state index contributed by atoms with van der Waals surface area (Å²) in [6, 6.07) is -0.346. The summed E-state index contributed by atoms with van der Waals surface area (Å²) in [5.74, 6) is 0. The SMILES string of the molecule is CCCCc1nnc(NC(=O)NC(CC)(CC)CO)s1. The lowest BCUT2D eigenvalue weighted by Gasteiger charge is -2.30. The molecular weight excluding hydrogens is 276 g/mol. The van der Waals surface area contributed by atoms with Crippen molar-refractivity contribution in [1.29, 1.82) is 0 Å². The Hall–Kier alpha value is -1.21. The Morgan fingerprint density at radius 1 is 1.30 bits per heavy atom. The quantitative estimate of drug-likeness (QED) is 0.688. The molecule has 0 aliphatic heterocycles. The van der Waals surface area contributed by atoms with E-state index in [1.807, 2.05) is 13.8 Å². The smallest absolute Gasteiger partial charge is 0.321 e. The lowest BCUT2D eigenvalue weighted by atomic mass is 9.94. The van der Waals surface area contributed by atoms with E-state index in [0.717, 1.165) is 24.3 Å². The summed E-state index contributed by atoms with van der Waals surface area (Å²) in [6.07, 6.45) is 4.41. The molecule has 1 aromatic heterocycles. The van der Waals surface area contributed by atoms with Crippen molar-refractivity contribution in [3.8, 4) is 0 Å². The third kappa shape index (κ3) is 4.72. The third-order valence-corrected chi connectivity index (χ3v) is 4.36. The lowest BCUT2D eigenvalue weighted by molar-refractivity contribution is 0.155. The fraction of sp³-hybridized carbons (Fsp3) is 0.769. The van der Waals surface area contributed by atoms with E-state index in [-0.39, 0.29) is 12.6 Å². The van der Waals surface area contributed by atoms with Crippen LogP contribution in [-0.4, -0.2) is 33.5 Å². The van der Waals surface area contributed by atoms with E-state index in [9.17, 15) is 9.90 Å². The number of aromatic nitrogens is 2. The van der Waals surface area contributed by atoms with Gasteiger partial charge in [0.25, 0.3) is 0 Å². The molecule has 0 saturated heterocycles. The van der Waals surface area contributed by atoms with Crippen molar-refractivity contribution in [3.63, 3.8) is 0 Å². The Labute approximate surface area is 124 Å². The van der Waals surface area contributed by atoms with Crippen molar-refractivity contribution < 1.29 is 9.90 Å². The summed E-state index contributed by atoms with van der Waals surface area (Å²) in [5.41, 5.74) is -0.570. The van der Waals surface area contributed by atoms with Crippen molar-refractivity contribution in [2.45, 2.75) is 58.4 Å². The number of nitrogens with zero attached hydrogens (tertiary/aromatic N) is 2. The molecule has 20 heavy (non-hydrogen) atoms. The number of hydrogen-bond donors (Lipinski definition) is 3. The molecule has 0 bridgehead atoms. The van der Waals surface area contributed by atoms with Crippen molar-refractivity contribution in [2.75, 3.05) is 11.9 Å². The monoisotopic (exact) mass is 300 g/mol. The zero-order chi connectivity index (χ0) is 15.0. The Bertz CT molecular complexity index is 410. The molecule has 1 aromatic rings. The van der Waals surface area contributed by atoms with Gasteiger partial charge in [0.1, 0.15) is 5.01 Å². The molecule has 114 valence electrons. The van der Waals surface area contributed by atoms with Crippen molar-refractivity contribution >= 4 is 22.5 Å². The molecule has 1 rings (SSSR count). The highest BCUT2D eigenvalue weighted by Gasteiger charge is 2.27. The van der Waals surface area contributed by atoms with E-state index in [1.165, 1.54) is 11.3 Å². The number of unbranched alkanes of at least 4 members (excludes halogenated alkanes) is 1. The Kier molecular flexibility index (Phi) is 6.87. The number of carbonyl (C=O) groups excluding carboxylic acids is 1. The fourth-order valence-electron chi connectivity index (χ4n) is 1.79. The van der Waals surface area contributed by atoms with Crippen molar-refractivity contribution in [1.82, 2.24) is 15.5 Å². The van der Waals surface area contributed by atoms with E-state index >= 15 is 0 Å². The number of urea groups is 1. The standard InChI is InChI=1S/C13H24N4O2S/c1-4-7-8-10-16-17-12(20-10)14-11(19)15-13(5-2,6-3)9-18/h18H,4-9H2,1-3H3,(H2,14,15,17,19). The molecule has 2 amide bonds. The second kappa shape index (κ2) is 8.16. The number of aliphatic hydroxyl groups is 1. The topological polar surface area (TPSA) is 87.1 Å². The minimum Gasteiger partial charge on any atom is -0.394 e. The number of carbonyl (C=O) groups is 1. The highest BCUT2D eigenvalue weighted by Crippen LogP contribution is 2.18. The first kappa shape index (κ1) is 16.8. The van der Waals surface area contributed by atoms with Crippen LogP contribution in [-0.2, 0) is 6.42 Å². The zero-order valence-electron chi connectivity index (χ0n) is 12.4. The van der Waals surface area contributed by atoms with Gasteiger partial charge in [0.05, 0.1) is 12.1 Å². The van der Waals surface area contributed by atoms with Gasteiger partial charge < -0.3 is 10.4 Å². The van der Waals surface area contributed by atoms with Crippen molar-refractivity contribution in [3.05, 3.63) is 5.01 Å². The molecule has 0 radical (unpaired) electrons. The maximum atomic E-state index is 11.9. The average Bonchev–Trinajstić information content (AvgIpc) is 2.90. The molecule has 0 fully saturated rings. The second-order valence-electron chi connectivity index (χ2n) is 4.83. The molecule has 0 atom stereocenters. The molecule has 0 aromatic carbocycles. The molecular formula is C13H24N4O2S. The normalized spacial score (nSPS) is 11.4. The summed E-state index contributed by atoms with van der Waals surface area (Å²) < 4.78 is 0. The van der Waals surface area contributed by atoms with Gasteiger partial charge in [0.15, 0.2) is 0 Å². The second-order valence-corrected chi connectivity index (χ2v) is 5.89. The number of nitrogens with one attached hydrogen (secondary N) is 2. The number of aliphatic hydroxyl groups excluding tert-OH is 1. The predicted octanol–water partition coefficient (Wildman–Crippen LogP) is 2.55. The van der Waals surface area contributed by atoms with E-state index < -0.39 is 5.54 Å².